The predicted octanol–water partition coefficient (Wildman–Crippen LogP) is 2.00. The van der Waals surface area contributed by atoms with Gasteiger partial charge in [0, 0.05) is 18.1 Å². The standard InChI is InChI=1S/C13H16ClFN2O3S/c1-2-8-3-4-17(7-8)13(18)10-5-9(14)6-11(12(10)15)21(16,19)20/h5-6,8H,2-4,7H2,1H3,(H2,16,19,20). The molecular formula is C13H16ClFN2O3S. The van der Waals surface area contributed by atoms with Crippen LogP contribution in [0.4, 0.5) is 4.39 Å². The van der Waals surface area contributed by atoms with Crippen molar-refractivity contribution in [2.75, 3.05) is 13.1 Å². The topological polar surface area (TPSA) is 80.5 Å². The highest BCUT2D eigenvalue weighted by Crippen LogP contribution is 2.26. The molecule has 1 aromatic rings. The number of likely N-dealkylation sites (tertiary alicyclic amines) is 1. The predicted molar refractivity (Wildman–Crippen MR) is 77.1 cm³/mol. The van der Waals surface area contributed by atoms with Gasteiger partial charge in [0.05, 0.1) is 5.56 Å². The summed E-state index contributed by atoms with van der Waals surface area (Å²) in [6.45, 7) is 3.08. The fraction of sp³-hybridized carbons (Fsp3) is 0.462. The van der Waals surface area contributed by atoms with E-state index in [9.17, 15) is 17.6 Å². The molecule has 1 unspecified atom stereocenters. The summed E-state index contributed by atoms with van der Waals surface area (Å²) < 4.78 is 37.0. The van der Waals surface area contributed by atoms with Gasteiger partial charge >= 0.3 is 0 Å². The van der Waals surface area contributed by atoms with Gasteiger partial charge in [0.1, 0.15) is 4.90 Å². The van der Waals surface area contributed by atoms with Crippen molar-refractivity contribution in [1.82, 2.24) is 4.90 Å². The van der Waals surface area contributed by atoms with Crippen LogP contribution in [0.2, 0.25) is 5.02 Å². The lowest BCUT2D eigenvalue weighted by molar-refractivity contribution is 0.0781. The van der Waals surface area contributed by atoms with E-state index in [-0.39, 0.29) is 10.6 Å². The summed E-state index contributed by atoms with van der Waals surface area (Å²) in [5.41, 5.74) is -0.358. The van der Waals surface area contributed by atoms with Crippen LogP contribution in [0, 0.1) is 11.7 Å². The summed E-state index contributed by atoms with van der Waals surface area (Å²) in [7, 11) is -4.28. The number of benzene rings is 1. The summed E-state index contributed by atoms with van der Waals surface area (Å²) in [6.07, 6.45) is 1.79. The van der Waals surface area contributed by atoms with Crippen LogP contribution in [-0.2, 0) is 10.0 Å². The minimum absolute atomic E-state index is 0.0463. The molecule has 0 bridgehead atoms. The zero-order valence-electron chi connectivity index (χ0n) is 11.5. The number of halogens is 2. The third-order valence-corrected chi connectivity index (χ3v) is 4.82. The second kappa shape index (κ2) is 5.90. The largest absolute Gasteiger partial charge is 0.338 e. The molecule has 1 amide bonds. The molecule has 8 heteroatoms. The number of sulfonamides is 1. The highest BCUT2D eigenvalue weighted by Gasteiger charge is 2.30. The zero-order valence-corrected chi connectivity index (χ0v) is 13.0. The van der Waals surface area contributed by atoms with Crippen LogP contribution < -0.4 is 5.14 Å². The molecule has 1 fully saturated rings. The number of amides is 1. The molecule has 1 saturated heterocycles. The third kappa shape index (κ3) is 3.36. The summed E-state index contributed by atoms with van der Waals surface area (Å²) in [6, 6.07) is 2.04. The fourth-order valence-electron chi connectivity index (χ4n) is 2.45. The summed E-state index contributed by atoms with van der Waals surface area (Å²) in [4.78, 5) is 13.1. The van der Waals surface area contributed by atoms with Crippen molar-refractivity contribution < 1.29 is 17.6 Å². The lowest BCUT2D eigenvalue weighted by atomic mass is 10.1. The molecule has 1 aromatic carbocycles. The van der Waals surface area contributed by atoms with E-state index in [0.29, 0.717) is 19.0 Å². The second-order valence-corrected chi connectivity index (χ2v) is 7.09. The molecule has 5 nitrogen and oxygen atoms in total. The van der Waals surface area contributed by atoms with Crippen molar-refractivity contribution >= 4 is 27.5 Å². The Morgan fingerprint density at radius 3 is 2.71 bits per heavy atom. The Bertz CT molecular complexity index is 678. The van der Waals surface area contributed by atoms with Crippen LogP contribution in [0.25, 0.3) is 0 Å². The Morgan fingerprint density at radius 1 is 1.52 bits per heavy atom. The first-order valence-corrected chi connectivity index (χ1v) is 8.47. The van der Waals surface area contributed by atoms with E-state index in [2.05, 4.69) is 0 Å². The number of carbonyl (C=O) groups excluding carboxylic acids is 1. The Balaban J connectivity index is 2.41. The van der Waals surface area contributed by atoms with Crippen molar-refractivity contribution in [2.24, 2.45) is 11.1 Å². The molecular weight excluding hydrogens is 319 g/mol. The molecule has 2 rings (SSSR count). The maximum absolute atomic E-state index is 14.3. The van der Waals surface area contributed by atoms with Crippen LogP contribution in [0.3, 0.4) is 0 Å². The first-order valence-electron chi connectivity index (χ1n) is 6.55. The molecule has 0 saturated carbocycles. The molecule has 1 aliphatic heterocycles. The van der Waals surface area contributed by atoms with Gasteiger partial charge in [-0.2, -0.15) is 0 Å². The first kappa shape index (κ1) is 16.2. The maximum atomic E-state index is 14.3. The lowest BCUT2D eigenvalue weighted by Gasteiger charge is -2.17. The number of hydrogen-bond acceptors (Lipinski definition) is 3. The van der Waals surface area contributed by atoms with Gasteiger partial charge in [-0.15, -0.1) is 0 Å². The fourth-order valence-corrected chi connectivity index (χ4v) is 3.38. The van der Waals surface area contributed by atoms with E-state index in [1.807, 2.05) is 6.92 Å². The number of hydrogen-bond donors (Lipinski definition) is 1. The smallest absolute Gasteiger partial charge is 0.256 e. The summed E-state index contributed by atoms with van der Waals surface area (Å²) in [5, 5.41) is 4.89. The lowest BCUT2D eigenvalue weighted by Crippen LogP contribution is -2.30. The van der Waals surface area contributed by atoms with Crippen LogP contribution in [0.15, 0.2) is 17.0 Å². The quantitative estimate of drug-likeness (QED) is 0.918. The van der Waals surface area contributed by atoms with Gasteiger partial charge in [0.15, 0.2) is 5.82 Å². The van der Waals surface area contributed by atoms with Gasteiger partial charge in [-0.1, -0.05) is 24.9 Å². The number of carbonyl (C=O) groups is 1. The number of nitrogens with two attached hydrogens (primary N) is 1. The molecule has 21 heavy (non-hydrogen) atoms. The van der Waals surface area contributed by atoms with Gasteiger partial charge in [-0.25, -0.2) is 17.9 Å². The molecule has 0 radical (unpaired) electrons. The zero-order chi connectivity index (χ0) is 15.8. The first-order chi connectivity index (χ1) is 9.74. The van der Waals surface area contributed by atoms with E-state index < -0.39 is 26.6 Å². The highest BCUT2D eigenvalue weighted by molar-refractivity contribution is 7.89. The van der Waals surface area contributed by atoms with Crippen molar-refractivity contribution in [3.63, 3.8) is 0 Å². The van der Waals surface area contributed by atoms with E-state index >= 15 is 0 Å². The number of rotatable bonds is 3. The average Bonchev–Trinajstić information content (AvgIpc) is 2.87. The van der Waals surface area contributed by atoms with Gasteiger partial charge < -0.3 is 4.90 Å². The monoisotopic (exact) mass is 334 g/mol. The second-order valence-electron chi connectivity index (χ2n) is 5.12. The van der Waals surface area contributed by atoms with Gasteiger partial charge in [-0.05, 0) is 24.5 Å². The van der Waals surface area contributed by atoms with Crippen LogP contribution in [-0.4, -0.2) is 32.3 Å². The molecule has 1 atom stereocenters. The number of nitrogens with zero attached hydrogens (tertiary/aromatic N) is 1. The van der Waals surface area contributed by atoms with Gasteiger partial charge in [0.25, 0.3) is 5.91 Å². The Hall–Kier alpha value is -1.18. The SMILES string of the molecule is CCC1CCN(C(=O)c2cc(Cl)cc(S(N)(=O)=O)c2F)C1. The van der Waals surface area contributed by atoms with Crippen molar-refractivity contribution in [1.29, 1.82) is 0 Å². The summed E-state index contributed by atoms with van der Waals surface area (Å²) >= 11 is 5.78. The third-order valence-electron chi connectivity index (χ3n) is 3.69. The molecule has 0 aromatic heterocycles. The highest BCUT2D eigenvalue weighted by atomic mass is 35.5. The summed E-state index contributed by atoms with van der Waals surface area (Å²) in [5.74, 6) is -1.32. The van der Waals surface area contributed by atoms with Gasteiger partial charge in [-0.3, -0.25) is 4.79 Å². The Kier molecular flexibility index (Phi) is 4.55. The number of primary sulfonamides is 1. The van der Waals surface area contributed by atoms with E-state index in [4.69, 9.17) is 16.7 Å². The van der Waals surface area contributed by atoms with Crippen molar-refractivity contribution in [2.45, 2.75) is 24.7 Å². The minimum Gasteiger partial charge on any atom is -0.338 e. The van der Waals surface area contributed by atoms with Gasteiger partial charge in [0.2, 0.25) is 10.0 Å². The molecule has 1 heterocycles. The minimum atomic E-state index is -4.28. The van der Waals surface area contributed by atoms with E-state index in [0.717, 1.165) is 25.0 Å². The Morgan fingerprint density at radius 2 is 2.19 bits per heavy atom. The van der Waals surface area contributed by atoms with E-state index in [1.54, 1.807) is 0 Å². The normalized spacial score (nSPS) is 19.0. The average molecular weight is 335 g/mol. The van der Waals surface area contributed by atoms with Crippen LogP contribution in [0.5, 0.6) is 0 Å². The van der Waals surface area contributed by atoms with Crippen molar-refractivity contribution in [3.8, 4) is 0 Å². The van der Waals surface area contributed by atoms with Crippen LogP contribution in [0.1, 0.15) is 30.1 Å². The molecule has 0 aliphatic carbocycles. The van der Waals surface area contributed by atoms with Crippen LogP contribution >= 0.6 is 11.6 Å². The van der Waals surface area contributed by atoms with E-state index in [1.165, 1.54) is 4.90 Å². The maximum Gasteiger partial charge on any atom is 0.256 e. The Labute approximate surface area is 127 Å². The van der Waals surface area contributed by atoms with Crippen molar-refractivity contribution in [3.05, 3.63) is 28.5 Å². The molecule has 2 N–H and O–H groups in total. The molecule has 116 valence electrons. The molecule has 0 spiro atoms. The molecule has 1 aliphatic rings.